The fourth-order valence-corrected chi connectivity index (χ4v) is 2.66. The molecule has 1 aromatic carbocycles. The predicted molar refractivity (Wildman–Crippen MR) is 92.8 cm³/mol. The van der Waals surface area contributed by atoms with E-state index in [0.29, 0.717) is 0 Å². The third kappa shape index (κ3) is 3.90. The zero-order valence-electron chi connectivity index (χ0n) is 13.9. The van der Waals surface area contributed by atoms with Crippen LogP contribution >= 0.6 is 0 Å². The number of benzene rings is 1. The Kier molecular flexibility index (Phi) is 4.62. The van der Waals surface area contributed by atoms with Gasteiger partial charge >= 0.3 is 0 Å². The van der Waals surface area contributed by atoms with Gasteiger partial charge in [-0.2, -0.15) is 0 Å². The first-order valence-corrected chi connectivity index (χ1v) is 7.84. The van der Waals surface area contributed by atoms with E-state index in [-0.39, 0.29) is 0 Å². The van der Waals surface area contributed by atoms with Crippen LogP contribution in [0.15, 0.2) is 30.3 Å². The first-order chi connectivity index (χ1) is 11.1. The molecule has 23 heavy (non-hydrogen) atoms. The molecular formula is C17H23N5O. The molecule has 6 heteroatoms. The normalized spacial score (nSPS) is 15.5. The number of aromatic nitrogens is 2. The summed E-state index contributed by atoms with van der Waals surface area (Å²) in [6, 6.07) is 9.84. The van der Waals surface area contributed by atoms with Gasteiger partial charge in [0.15, 0.2) is 0 Å². The van der Waals surface area contributed by atoms with Crippen molar-refractivity contribution in [2.24, 2.45) is 0 Å². The summed E-state index contributed by atoms with van der Waals surface area (Å²) >= 11 is 0. The standard InChI is InChI=1S/C17H23N5O/c1-13-18-16(20-14-5-4-6-15(11-14)23-3)12-17(19-13)22-9-7-21(2)8-10-22/h4-6,11-12H,7-10H2,1-3H3,(H,18,19,20). The van der Waals surface area contributed by atoms with Gasteiger partial charge in [0.25, 0.3) is 0 Å². The summed E-state index contributed by atoms with van der Waals surface area (Å²) in [6.45, 7) is 6.02. The van der Waals surface area contributed by atoms with Crippen LogP contribution in [0.2, 0.25) is 0 Å². The molecule has 0 saturated carbocycles. The number of likely N-dealkylation sites (N-methyl/N-ethyl adjacent to an activating group) is 1. The molecule has 0 atom stereocenters. The number of piperazine rings is 1. The van der Waals surface area contributed by atoms with Gasteiger partial charge in [0, 0.05) is 44.0 Å². The molecule has 2 heterocycles. The fourth-order valence-electron chi connectivity index (χ4n) is 2.66. The summed E-state index contributed by atoms with van der Waals surface area (Å²) in [5.41, 5.74) is 0.951. The lowest BCUT2D eigenvalue weighted by atomic mass is 10.3. The Balaban J connectivity index is 1.79. The minimum absolute atomic E-state index is 0.770. The van der Waals surface area contributed by atoms with Crippen molar-refractivity contribution in [3.8, 4) is 5.75 Å². The molecule has 1 aromatic heterocycles. The van der Waals surface area contributed by atoms with E-state index >= 15 is 0 Å². The Morgan fingerprint density at radius 1 is 1.09 bits per heavy atom. The van der Waals surface area contributed by atoms with Gasteiger partial charge < -0.3 is 19.9 Å². The molecule has 0 aliphatic carbocycles. The van der Waals surface area contributed by atoms with Gasteiger partial charge in [-0.15, -0.1) is 0 Å². The number of hydrogen-bond acceptors (Lipinski definition) is 6. The van der Waals surface area contributed by atoms with E-state index in [2.05, 4.69) is 32.1 Å². The van der Waals surface area contributed by atoms with Crippen LogP contribution in [0.5, 0.6) is 5.75 Å². The van der Waals surface area contributed by atoms with Gasteiger partial charge in [-0.05, 0) is 26.1 Å². The van der Waals surface area contributed by atoms with Crippen LogP contribution < -0.4 is 15.0 Å². The van der Waals surface area contributed by atoms with Gasteiger partial charge in [0.2, 0.25) is 0 Å². The minimum Gasteiger partial charge on any atom is -0.497 e. The monoisotopic (exact) mass is 313 g/mol. The lowest BCUT2D eigenvalue weighted by molar-refractivity contribution is 0.312. The van der Waals surface area contributed by atoms with Gasteiger partial charge in [0.05, 0.1) is 7.11 Å². The topological polar surface area (TPSA) is 53.5 Å². The van der Waals surface area contributed by atoms with Crippen molar-refractivity contribution in [3.63, 3.8) is 0 Å². The number of ether oxygens (including phenoxy) is 1. The smallest absolute Gasteiger partial charge is 0.136 e. The van der Waals surface area contributed by atoms with Crippen molar-refractivity contribution in [2.75, 3.05) is 50.6 Å². The summed E-state index contributed by atoms with van der Waals surface area (Å²) in [5, 5.41) is 3.34. The summed E-state index contributed by atoms with van der Waals surface area (Å²) < 4.78 is 5.26. The van der Waals surface area contributed by atoms with E-state index in [0.717, 1.165) is 55.1 Å². The maximum atomic E-state index is 5.26. The van der Waals surface area contributed by atoms with E-state index in [1.165, 1.54) is 0 Å². The highest BCUT2D eigenvalue weighted by Crippen LogP contribution is 2.23. The number of methoxy groups -OCH3 is 1. The van der Waals surface area contributed by atoms with E-state index in [1.807, 2.05) is 37.3 Å². The second-order valence-electron chi connectivity index (χ2n) is 5.81. The molecule has 2 aromatic rings. The van der Waals surface area contributed by atoms with E-state index in [9.17, 15) is 0 Å². The molecule has 0 radical (unpaired) electrons. The molecule has 0 amide bonds. The van der Waals surface area contributed by atoms with Gasteiger partial charge in [-0.25, -0.2) is 9.97 Å². The Labute approximate surface area is 137 Å². The highest BCUT2D eigenvalue weighted by atomic mass is 16.5. The van der Waals surface area contributed by atoms with Gasteiger partial charge in [-0.1, -0.05) is 6.07 Å². The maximum absolute atomic E-state index is 5.26. The molecule has 1 saturated heterocycles. The van der Waals surface area contributed by atoms with Crippen LogP contribution in [-0.2, 0) is 0 Å². The Bertz CT molecular complexity index is 668. The van der Waals surface area contributed by atoms with E-state index in [1.54, 1.807) is 7.11 Å². The fraction of sp³-hybridized carbons (Fsp3) is 0.412. The van der Waals surface area contributed by atoms with Crippen molar-refractivity contribution in [1.82, 2.24) is 14.9 Å². The van der Waals surface area contributed by atoms with Crippen molar-refractivity contribution >= 4 is 17.3 Å². The van der Waals surface area contributed by atoms with E-state index < -0.39 is 0 Å². The lowest BCUT2D eigenvalue weighted by Gasteiger charge is -2.33. The molecule has 1 aliphatic rings. The van der Waals surface area contributed by atoms with Crippen molar-refractivity contribution < 1.29 is 4.74 Å². The molecule has 6 nitrogen and oxygen atoms in total. The second-order valence-corrected chi connectivity index (χ2v) is 5.81. The Morgan fingerprint density at radius 2 is 1.87 bits per heavy atom. The summed E-state index contributed by atoms with van der Waals surface area (Å²) in [7, 11) is 3.82. The number of nitrogens with one attached hydrogen (secondary N) is 1. The molecule has 0 bridgehead atoms. The number of anilines is 3. The van der Waals surface area contributed by atoms with Crippen molar-refractivity contribution in [2.45, 2.75) is 6.92 Å². The Morgan fingerprint density at radius 3 is 2.61 bits per heavy atom. The van der Waals surface area contributed by atoms with Gasteiger partial charge in [0.1, 0.15) is 23.2 Å². The van der Waals surface area contributed by atoms with Crippen LogP contribution in [0.4, 0.5) is 17.3 Å². The second kappa shape index (κ2) is 6.83. The number of aryl methyl sites for hydroxylation is 1. The number of nitrogens with zero attached hydrogens (tertiary/aromatic N) is 4. The molecular weight excluding hydrogens is 290 g/mol. The zero-order valence-corrected chi connectivity index (χ0v) is 13.9. The highest BCUT2D eigenvalue weighted by molar-refractivity contribution is 5.61. The first-order valence-electron chi connectivity index (χ1n) is 7.84. The SMILES string of the molecule is COc1cccc(Nc2cc(N3CCN(C)CC3)nc(C)n2)c1. The molecule has 1 fully saturated rings. The third-order valence-corrected chi connectivity index (χ3v) is 3.99. The molecule has 0 spiro atoms. The molecule has 122 valence electrons. The first kappa shape index (κ1) is 15.6. The summed E-state index contributed by atoms with van der Waals surface area (Å²) in [6.07, 6.45) is 0. The van der Waals surface area contributed by atoms with Crippen LogP contribution in [0.25, 0.3) is 0 Å². The minimum atomic E-state index is 0.770. The number of rotatable bonds is 4. The zero-order chi connectivity index (χ0) is 16.2. The largest absolute Gasteiger partial charge is 0.497 e. The summed E-state index contributed by atoms with van der Waals surface area (Å²) in [5.74, 6) is 3.38. The average molecular weight is 313 g/mol. The van der Waals surface area contributed by atoms with Crippen LogP contribution in [0.1, 0.15) is 5.82 Å². The highest BCUT2D eigenvalue weighted by Gasteiger charge is 2.16. The predicted octanol–water partition coefficient (Wildman–Crippen LogP) is 2.29. The summed E-state index contributed by atoms with van der Waals surface area (Å²) in [4.78, 5) is 13.7. The maximum Gasteiger partial charge on any atom is 0.136 e. The van der Waals surface area contributed by atoms with Crippen molar-refractivity contribution in [1.29, 1.82) is 0 Å². The molecule has 1 N–H and O–H groups in total. The average Bonchev–Trinajstić information content (AvgIpc) is 2.55. The molecule has 0 unspecified atom stereocenters. The lowest BCUT2D eigenvalue weighted by Crippen LogP contribution is -2.44. The van der Waals surface area contributed by atoms with E-state index in [4.69, 9.17) is 4.74 Å². The van der Waals surface area contributed by atoms with Gasteiger partial charge in [-0.3, -0.25) is 0 Å². The van der Waals surface area contributed by atoms with Crippen LogP contribution in [-0.4, -0.2) is 55.2 Å². The van der Waals surface area contributed by atoms with Crippen molar-refractivity contribution in [3.05, 3.63) is 36.2 Å². The molecule has 3 rings (SSSR count). The Hall–Kier alpha value is -2.34. The molecule has 1 aliphatic heterocycles. The van der Waals surface area contributed by atoms with Crippen LogP contribution in [0, 0.1) is 6.92 Å². The number of hydrogen-bond donors (Lipinski definition) is 1. The third-order valence-electron chi connectivity index (χ3n) is 3.99. The quantitative estimate of drug-likeness (QED) is 0.935. The van der Waals surface area contributed by atoms with Crippen LogP contribution in [0.3, 0.4) is 0 Å².